The summed E-state index contributed by atoms with van der Waals surface area (Å²) in [7, 11) is 0. The lowest BCUT2D eigenvalue weighted by atomic mass is 10.0. The molecule has 0 spiro atoms. The van der Waals surface area contributed by atoms with Gasteiger partial charge < -0.3 is 20.8 Å². The van der Waals surface area contributed by atoms with Gasteiger partial charge in [0.2, 0.25) is 0 Å². The molecule has 0 fully saturated rings. The maximum atomic E-state index is 8.76. The summed E-state index contributed by atoms with van der Waals surface area (Å²) >= 11 is 0. The van der Waals surface area contributed by atoms with E-state index in [9.17, 15) is 0 Å². The van der Waals surface area contributed by atoms with E-state index in [4.69, 9.17) is 10.2 Å². The highest BCUT2D eigenvalue weighted by atomic mass is 16.3. The van der Waals surface area contributed by atoms with Gasteiger partial charge >= 0.3 is 0 Å². The molecule has 0 amide bonds. The monoisotopic (exact) mass is 258 g/mol. The van der Waals surface area contributed by atoms with Crippen LogP contribution in [0.2, 0.25) is 0 Å². The van der Waals surface area contributed by atoms with Gasteiger partial charge in [0.25, 0.3) is 0 Å². The molecule has 4 heteroatoms. The van der Waals surface area contributed by atoms with E-state index < -0.39 is 0 Å². The van der Waals surface area contributed by atoms with Crippen LogP contribution in [-0.4, -0.2) is 23.7 Å². The van der Waals surface area contributed by atoms with Crippen molar-refractivity contribution in [3.63, 3.8) is 0 Å². The summed E-state index contributed by atoms with van der Waals surface area (Å²) in [4.78, 5) is 0. The van der Waals surface area contributed by atoms with Gasteiger partial charge in [0, 0.05) is 11.4 Å². The summed E-state index contributed by atoms with van der Waals surface area (Å²) in [6.45, 7) is -0.114. The lowest BCUT2D eigenvalue weighted by Gasteiger charge is -2.07. The molecule has 0 saturated carbocycles. The van der Waals surface area contributed by atoms with Gasteiger partial charge in [-0.2, -0.15) is 0 Å². The van der Waals surface area contributed by atoms with Crippen LogP contribution in [0.15, 0.2) is 48.5 Å². The molecule has 0 aromatic heterocycles. The molecule has 2 rings (SSSR count). The van der Waals surface area contributed by atoms with Gasteiger partial charge in [-0.1, -0.05) is 24.3 Å². The fourth-order valence-corrected chi connectivity index (χ4v) is 1.90. The second-order valence-electron chi connectivity index (χ2n) is 4.24. The maximum Gasteiger partial charge on any atom is 0.113 e. The van der Waals surface area contributed by atoms with E-state index in [0.29, 0.717) is 0 Å². The van der Waals surface area contributed by atoms with Crippen molar-refractivity contribution < 1.29 is 10.2 Å². The van der Waals surface area contributed by atoms with Gasteiger partial charge in [0.15, 0.2) is 0 Å². The van der Waals surface area contributed by atoms with Crippen LogP contribution >= 0.6 is 0 Å². The smallest absolute Gasteiger partial charge is 0.113 e. The van der Waals surface area contributed by atoms with Gasteiger partial charge in [-0.15, -0.1) is 0 Å². The van der Waals surface area contributed by atoms with Crippen molar-refractivity contribution in [2.45, 2.75) is 6.42 Å². The minimum atomic E-state index is -0.0569. The predicted octanol–water partition coefficient (Wildman–Crippen LogP) is 2.00. The Kier molecular flexibility index (Phi) is 4.78. The third kappa shape index (κ3) is 3.98. The number of hydrogen-bond acceptors (Lipinski definition) is 4. The molecule has 4 N–H and O–H groups in total. The lowest BCUT2D eigenvalue weighted by molar-refractivity contribution is 0.325. The Hall–Kier alpha value is -2.04. The summed E-state index contributed by atoms with van der Waals surface area (Å²) in [6, 6.07) is 16.0. The molecule has 0 saturated heterocycles. The molecule has 0 heterocycles. The number of benzene rings is 2. The molecular formula is C15H18N2O2. The Balaban J connectivity index is 1.99. The van der Waals surface area contributed by atoms with Crippen molar-refractivity contribution in [2.24, 2.45) is 0 Å². The number of anilines is 2. The van der Waals surface area contributed by atoms with Crippen molar-refractivity contribution in [1.82, 2.24) is 0 Å². The third-order valence-electron chi connectivity index (χ3n) is 2.88. The minimum absolute atomic E-state index is 0.0569. The van der Waals surface area contributed by atoms with Crippen molar-refractivity contribution >= 4 is 11.4 Å². The molecule has 0 aliphatic heterocycles. The Labute approximate surface area is 112 Å². The first-order valence-corrected chi connectivity index (χ1v) is 6.19. The topological polar surface area (TPSA) is 64.5 Å². The molecule has 0 radical (unpaired) electrons. The summed E-state index contributed by atoms with van der Waals surface area (Å²) in [5, 5.41) is 23.2. The van der Waals surface area contributed by atoms with Crippen LogP contribution in [-0.2, 0) is 6.42 Å². The normalized spacial score (nSPS) is 10.2. The highest BCUT2D eigenvalue weighted by Gasteiger charge is 1.98. The van der Waals surface area contributed by atoms with Crippen LogP contribution in [0, 0.1) is 0 Å². The molecule has 100 valence electrons. The zero-order valence-electron chi connectivity index (χ0n) is 10.6. The zero-order chi connectivity index (χ0) is 13.5. The summed E-state index contributed by atoms with van der Waals surface area (Å²) in [5.74, 6) is 0. The quantitative estimate of drug-likeness (QED) is 0.598. The molecule has 0 aliphatic carbocycles. The molecule has 2 aromatic rings. The first kappa shape index (κ1) is 13.4. The van der Waals surface area contributed by atoms with E-state index in [1.54, 1.807) is 0 Å². The molecule has 0 bridgehead atoms. The van der Waals surface area contributed by atoms with E-state index in [1.807, 2.05) is 48.5 Å². The van der Waals surface area contributed by atoms with E-state index in [1.165, 1.54) is 11.1 Å². The first-order chi connectivity index (χ1) is 9.31. The molecule has 2 aromatic carbocycles. The molecule has 4 nitrogen and oxygen atoms in total. The van der Waals surface area contributed by atoms with Gasteiger partial charge in [0.1, 0.15) is 13.5 Å². The summed E-state index contributed by atoms with van der Waals surface area (Å²) in [6.07, 6.45) is 0.860. The van der Waals surface area contributed by atoms with Gasteiger partial charge in [-0.25, -0.2) is 0 Å². The van der Waals surface area contributed by atoms with E-state index in [2.05, 4.69) is 10.6 Å². The Bertz CT molecular complexity index is 447. The van der Waals surface area contributed by atoms with E-state index in [-0.39, 0.29) is 13.5 Å². The molecule has 19 heavy (non-hydrogen) atoms. The molecule has 0 atom stereocenters. The van der Waals surface area contributed by atoms with Crippen molar-refractivity contribution in [1.29, 1.82) is 0 Å². The van der Waals surface area contributed by atoms with E-state index >= 15 is 0 Å². The standard InChI is InChI=1S/C15H18N2O2/c18-10-16-14-5-1-12(2-6-14)9-13-3-7-15(8-4-13)17-11-19/h1-8,16-19H,9-11H2. The first-order valence-electron chi connectivity index (χ1n) is 6.19. The zero-order valence-corrected chi connectivity index (χ0v) is 10.6. The number of aliphatic hydroxyl groups excluding tert-OH is 2. The second-order valence-corrected chi connectivity index (χ2v) is 4.24. The fourth-order valence-electron chi connectivity index (χ4n) is 1.90. The SMILES string of the molecule is OCNc1ccc(Cc2ccc(NCO)cc2)cc1. The predicted molar refractivity (Wildman–Crippen MR) is 77.1 cm³/mol. The Morgan fingerprint density at radius 1 is 0.632 bits per heavy atom. The average Bonchev–Trinajstić information content (AvgIpc) is 2.44. The number of nitrogens with one attached hydrogen (secondary N) is 2. The molecular weight excluding hydrogens is 240 g/mol. The van der Waals surface area contributed by atoms with Crippen LogP contribution in [0.25, 0.3) is 0 Å². The third-order valence-corrected chi connectivity index (χ3v) is 2.88. The van der Waals surface area contributed by atoms with Crippen molar-refractivity contribution in [2.75, 3.05) is 24.1 Å². The van der Waals surface area contributed by atoms with Crippen molar-refractivity contribution in [3.05, 3.63) is 59.7 Å². The van der Waals surface area contributed by atoms with E-state index in [0.717, 1.165) is 17.8 Å². The average molecular weight is 258 g/mol. The van der Waals surface area contributed by atoms with Crippen LogP contribution in [0.1, 0.15) is 11.1 Å². The highest BCUT2D eigenvalue weighted by Crippen LogP contribution is 2.15. The Morgan fingerprint density at radius 3 is 1.32 bits per heavy atom. The number of aliphatic hydroxyl groups is 2. The summed E-state index contributed by atoms with van der Waals surface area (Å²) < 4.78 is 0. The van der Waals surface area contributed by atoms with Gasteiger partial charge in [-0.3, -0.25) is 0 Å². The minimum Gasteiger partial charge on any atom is -0.377 e. The fraction of sp³-hybridized carbons (Fsp3) is 0.200. The second kappa shape index (κ2) is 6.78. The largest absolute Gasteiger partial charge is 0.377 e. The lowest BCUT2D eigenvalue weighted by Crippen LogP contribution is -2.00. The van der Waals surface area contributed by atoms with Gasteiger partial charge in [0.05, 0.1) is 0 Å². The van der Waals surface area contributed by atoms with Crippen LogP contribution in [0.5, 0.6) is 0 Å². The van der Waals surface area contributed by atoms with Gasteiger partial charge in [-0.05, 0) is 41.8 Å². The maximum absolute atomic E-state index is 8.76. The number of rotatable bonds is 6. The van der Waals surface area contributed by atoms with Crippen LogP contribution < -0.4 is 10.6 Å². The van der Waals surface area contributed by atoms with Crippen LogP contribution in [0.4, 0.5) is 11.4 Å². The van der Waals surface area contributed by atoms with Crippen LogP contribution in [0.3, 0.4) is 0 Å². The molecule has 0 aliphatic rings. The highest BCUT2D eigenvalue weighted by molar-refractivity contribution is 5.47. The molecule has 0 unspecified atom stereocenters. The Morgan fingerprint density at radius 2 is 1.00 bits per heavy atom. The number of hydrogen-bond donors (Lipinski definition) is 4. The summed E-state index contributed by atoms with van der Waals surface area (Å²) in [5.41, 5.74) is 4.25. The van der Waals surface area contributed by atoms with Crippen molar-refractivity contribution in [3.8, 4) is 0 Å².